The first-order valence-electron chi connectivity index (χ1n) is 4.84. The monoisotopic (exact) mass is 232 g/mol. The number of hydrogen-bond donors (Lipinski definition) is 2. The van der Waals surface area contributed by atoms with Gasteiger partial charge in [-0.15, -0.1) is 0 Å². The van der Waals surface area contributed by atoms with Crippen molar-refractivity contribution in [1.82, 2.24) is 0 Å². The third-order valence-electron chi connectivity index (χ3n) is 2.36. The highest BCUT2D eigenvalue weighted by Crippen LogP contribution is 2.31. The normalized spacial score (nSPS) is 10.1. The van der Waals surface area contributed by atoms with Gasteiger partial charge in [-0.2, -0.15) is 0 Å². The Labute approximate surface area is 99.2 Å². The topological polar surface area (TPSA) is 47.3 Å². The standard InChI is InChI=1S/C12H12N2OS/c1-15-11-7-6-10(14-12(13)16)8-4-2-3-5-9(8)11/h2-7H,1H3,(H3,13,14,16). The second kappa shape index (κ2) is 4.37. The molecule has 0 aliphatic heterocycles. The number of benzene rings is 2. The van der Waals surface area contributed by atoms with Crippen LogP contribution in [0, 0.1) is 0 Å². The largest absolute Gasteiger partial charge is 0.496 e. The molecule has 4 heteroatoms. The number of ether oxygens (including phenoxy) is 1. The van der Waals surface area contributed by atoms with E-state index < -0.39 is 0 Å². The minimum absolute atomic E-state index is 0.260. The highest BCUT2D eigenvalue weighted by Gasteiger charge is 2.05. The van der Waals surface area contributed by atoms with Crippen LogP contribution in [0.25, 0.3) is 10.8 Å². The van der Waals surface area contributed by atoms with Crippen molar-refractivity contribution in [2.45, 2.75) is 0 Å². The number of nitrogens with two attached hydrogens (primary N) is 1. The maximum Gasteiger partial charge on any atom is 0.168 e. The Kier molecular flexibility index (Phi) is 2.92. The molecule has 0 amide bonds. The molecule has 0 aliphatic rings. The SMILES string of the molecule is COc1ccc(NC(N)=S)c2ccccc12. The summed E-state index contributed by atoms with van der Waals surface area (Å²) in [6, 6.07) is 11.7. The predicted octanol–water partition coefficient (Wildman–Crippen LogP) is 2.50. The molecule has 3 N–H and O–H groups in total. The fourth-order valence-electron chi connectivity index (χ4n) is 1.69. The molecule has 0 bridgehead atoms. The van der Waals surface area contributed by atoms with Crippen LogP contribution in [0.4, 0.5) is 5.69 Å². The first kappa shape index (κ1) is 10.7. The van der Waals surface area contributed by atoms with Gasteiger partial charge >= 0.3 is 0 Å². The van der Waals surface area contributed by atoms with Gasteiger partial charge in [0.25, 0.3) is 0 Å². The van der Waals surface area contributed by atoms with Gasteiger partial charge in [0.05, 0.1) is 7.11 Å². The molecule has 3 nitrogen and oxygen atoms in total. The average Bonchev–Trinajstić information content (AvgIpc) is 2.29. The molecular formula is C12H12N2OS. The average molecular weight is 232 g/mol. The van der Waals surface area contributed by atoms with Gasteiger partial charge < -0.3 is 15.8 Å². The van der Waals surface area contributed by atoms with Gasteiger partial charge in [-0.1, -0.05) is 24.3 Å². The summed E-state index contributed by atoms with van der Waals surface area (Å²) in [7, 11) is 1.66. The Hall–Kier alpha value is -1.81. The molecule has 16 heavy (non-hydrogen) atoms. The van der Waals surface area contributed by atoms with Gasteiger partial charge in [0.1, 0.15) is 5.75 Å². The Bertz CT molecular complexity index is 540. The van der Waals surface area contributed by atoms with Crippen molar-refractivity contribution < 1.29 is 4.74 Å². The van der Waals surface area contributed by atoms with Gasteiger partial charge in [-0.3, -0.25) is 0 Å². The molecule has 0 saturated carbocycles. The zero-order valence-electron chi connectivity index (χ0n) is 8.86. The molecular weight excluding hydrogens is 220 g/mol. The van der Waals surface area contributed by atoms with Crippen molar-refractivity contribution in [3.8, 4) is 5.75 Å². The summed E-state index contributed by atoms with van der Waals surface area (Å²) in [4.78, 5) is 0. The fraction of sp³-hybridized carbons (Fsp3) is 0.0833. The zero-order chi connectivity index (χ0) is 11.5. The van der Waals surface area contributed by atoms with Gasteiger partial charge in [0.2, 0.25) is 0 Å². The van der Waals surface area contributed by atoms with E-state index >= 15 is 0 Å². The van der Waals surface area contributed by atoms with E-state index in [0.29, 0.717) is 0 Å². The Morgan fingerprint density at radius 2 is 1.88 bits per heavy atom. The molecule has 0 heterocycles. The van der Waals surface area contributed by atoms with E-state index in [9.17, 15) is 0 Å². The number of anilines is 1. The number of hydrogen-bond acceptors (Lipinski definition) is 2. The summed E-state index contributed by atoms with van der Waals surface area (Å²) >= 11 is 4.84. The number of rotatable bonds is 2. The molecule has 2 rings (SSSR count). The van der Waals surface area contributed by atoms with E-state index in [0.717, 1.165) is 22.2 Å². The third kappa shape index (κ3) is 1.92. The van der Waals surface area contributed by atoms with Crippen LogP contribution in [0.5, 0.6) is 5.75 Å². The van der Waals surface area contributed by atoms with Crippen molar-refractivity contribution in [2.75, 3.05) is 12.4 Å². The summed E-state index contributed by atoms with van der Waals surface area (Å²) in [5, 5.41) is 5.28. The van der Waals surface area contributed by atoms with E-state index in [2.05, 4.69) is 5.32 Å². The molecule has 0 radical (unpaired) electrons. The lowest BCUT2D eigenvalue weighted by Crippen LogP contribution is -2.19. The Morgan fingerprint density at radius 1 is 1.19 bits per heavy atom. The van der Waals surface area contributed by atoms with E-state index in [1.54, 1.807) is 7.11 Å². The van der Waals surface area contributed by atoms with Crippen molar-refractivity contribution in [1.29, 1.82) is 0 Å². The molecule has 0 aliphatic carbocycles. The van der Waals surface area contributed by atoms with Crippen molar-refractivity contribution in [2.24, 2.45) is 5.73 Å². The fourth-order valence-corrected chi connectivity index (χ4v) is 1.80. The second-order valence-corrected chi connectivity index (χ2v) is 3.79. The molecule has 0 fully saturated rings. The lowest BCUT2D eigenvalue weighted by Gasteiger charge is -2.11. The van der Waals surface area contributed by atoms with Crippen LogP contribution in [-0.4, -0.2) is 12.2 Å². The first-order valence-corrected chi connectivity index (χ1v) is 5.25. The molecule has 82 valence electrons. The predicted molar refractivity (Wildman–Crippen MR) is 70.9 cm³/mol. The van der Waals surface area contributed by atoms with Crippen LogP contribution in [0.3, 0.4) is 0 Å². The highest BCUT2D eigenvalue weighted by atomic mass is 32.1. The number of nitrogens with one attached hydrogen (secondary N) is 1. The van der Waals surface area contributed by atoms with E-state index in [1.165, 1.54) is 0 Å². The lowest BCUT2D eigenvalue weighted by atomic mass is 10.1. The van der Waals surface area contributed by atoms with Gasteiger partial charge in [-0.25, -0.2) is 0 Å². The van der Waals surface area contributed by atoms with Crippen LogP contribution >= 0.6 is 12.2 Å². The maximum absolute atomic E-state index is 5.48. The first-order chi connectivity index (χ1) is 7.72. The Morgan fingerprint density at radius 3 is 2.50 bits per heavy atom. The summed E-state index contributed by atoms with van der Waals surface area (Å²) in [5.74, 6) is 0.837. The molecule has 2 aromatic rings. The third-order valence-corrected chi connectivity index (χ3v) is 2.46. The van der Waals surface area contributed by atoms with Crippen LogP contribution in [0.1, 0.15) is 0 Å². The second-order valence-electron chi connectivity index (χ2n) is 3.35. The van der Waals surface area contributed by atoms with Crippen molar-refractivity contribution in [3.63, 3.8) is 0 Å². The summed E-state index contributed by atoms with van der Waals surface area (Å²) in [6.07, 6.45) is 0. The van der Waals surface area contributed by atoms with Crippen LogP contribution in [0.15, 0.2) is 36.4 Å². The van der Waals surface area contributed by atoms with Crippen LogP contribution in [-0.2, 0) is 0 Å². The minimum atomic E-state index is 0.260. The van der Waals surface area contributed by atoms with E-state index in [4.69, 9.17) is 22.7 Å². The van der Waals surface area contributed by atoms with Crippen molar-refractivity contribution >= 4 is 33.8 Å². The number of thiocarbonyl (C=S) groups is 1. The molecule has 0 unspecified atom stereocenters. The van der Waals surface area contributed by atoms with E-state index in [-0.39, 0.29) is 5.11 Å². The molecule has 0 atom stereocenters. The van der Waals surface area contributed by atoms with Gasteiger partial charge in [0.15, 0.2) is 5.11 Å². The zero-order valence-corrected chi connectivity index (χ0v) is 9.67. The van der Waals surface area contributed by atoms with E-state index in [1.807, 2.05) is 36.4 Å². The maximum atomic E-state index is 5.48. The molecule has 0 saturated heterocycles. The number of fused-ring (bicyclic) bond motifs is 1. The quantitative estimate of drug-likeness (QED) is 0.781. The smallest absolute Gasteiger partial charge is 0.168 e. The van der Waals surface area contributed by atoms with Gasteiger partial charge in [-0.05, 0) is 24.4 Å². The van der Waals surface area contributed by atoms with Crippen molar-refractivity contribution in [3.05, 3.63) is 36.4 Å². The molecule has 2 aromatic carbocycles. The highest BCUT2D eigenvalue weighted by molar-refractivity contribution is 7.80. The summed E-state index contributed by atoms with van der Waals surface area (Å²) in [5.41, 5.74) is 6.37. The summed E-state index contributed by atoms with van der Waals surface area (Å²) < 4.78 is 5.30. The lowest BCUT2D eigenvalue weighted by molar-refractivity contribution is 0.420. The Balaban J connectivity index is 2.64. The minimum Gasteiger partial charge on any atom is -0.496 e. The molecule has 0 aromatic heterocycles. The molecule has 0 spiro atoms. The van der Waals surface area contributed by atoms with Crippen LogP contribution in [0.2, 0.25) is 0 Å². The van der Waals surface area contributed by atoms with Gasteiger partial charge in [0, 0.05) is 16.5 Å². The number of methoxy groups -OCH3 is 1. The van der Waals surface area contributed by atoms with Crippen LogP contribution < -0.4 is 15.8 Å². The summed E-state index contributed by atoms with van der Waals surface area (Å²) in [6.45, 7) is 0.